The van der Waals surface area contributed by atoms with Crippen LogP contribution in [0.4, 0.5) is 45.2 Å². The summed E-state index contributed by atoms with van der Waals surface area (Å²) in [6, 6.07) is 14.4. The maximum atomic E-state index is 12.5. The lowest BCUT2D eigenvalue weighted by Crippen LogP contribution is -2.49. The first-order chi connectivity index (χ1) is 27.1. The monoisotopic (exact) mass is 925 g/mol. The third-order valence-electron chi connectivity index (χ3n) is 7.63. The van der Waals surface area contributed by atoms with Crippen molar-refractivity contribution in [3.63, 3.8) is 0 Å². The van der Waals surface area contributed by atoms with Crippen molar-refractivity contribution in [1.82, 2.24) is 0 Å². The second-order valence-electron chi connectivity index (χ2n) is 14.9. The van der Waals surface area contributed by atoms with Gasteiger partial charge in [-0.05, 0) is 133 Å². The van der Waals surface area contributed by atoms with E-state index in [1.807, 2.05) is 59.7 Å². The zero-order valence-electron chi connectivity index (χ0n) is 32.6. The van der Waals surface area contributed by atoms with E-state index in [1.54, 1.807) is 12.1 Å². The van der Waals surface area contributed by atoms with E-state index in [4.69, 9.17) is 9.47 Å². The number of alkyl halides is 9. The second-order valence-corrected chi connectivity index (χ2v) is 20.2. The van der Waals surface area contributed by atoms with Crippen molar-refractivity contribution in [3.05, 3.63) is 95.1 Å². The fraction of sp³-hybridized carbons (Fsp3) is 0.432. The van der Waals surface area contributed by atoms with Crippen LogP contribution in [0.15, 0.2) is 72.8 Å². The van der Waals surface area contributed by atoms with E-state index in [9.17, 15) is 69.6 Å². The van der Waals surface area contributed by atoms with Gasteiger partial charge in [-0.2, -0.15) is 64.8 Å². The average molecular weight is 926 g/mol. The van der Waals surface area contributed by atoms with Crippen LogP contribution in [0.3, 0.4) is 0 Å². The molecule has 0 aliphatic heterocycles. The molecule has 0 fully saturated rings. The Hall–Kier alpha value is -4.51. The number of halogens is 9. The molecule has 0 unspecified atom stereocenters. The Bertz CT molecular complexity index is 2340. The van der Waals surface area contributed by atoms with Crippen molar-refractivity contribution in [3.8, 4) is 11.5 Å². The minimum Gasteiger partial charge on any atom is -0.488 e. The van der Waals surface area contributed by atoms with E-state index < -0.39 is 61.7 Å². The number of rotatable bonds is 7. The van der Waals surface area contributed by atoms with Gasteiger partial charge in [0.05, 0.1) is 5.69 Å². The summed E-state index contributed by atoms with van der Waals surface area (Å²) in [5.74, 6) is 1.39. The Morgan fingerprint density at radius 2 is 1.02 bits per heavy atom. The molecule has 2 aliphatic rings. The minimum atomic E-state index is -6.81. The van der Waals surface area contributed by atoms with Gasteiger partial charge in [-0.25, -0.2) is 0 Å². The van der Waals surface area contributed by atoms with Crippen molar-refractivity contribution in [2.45, 2.75) is 101 Å². The number of ether oxygens (including phenoxy) is 2. The van der Waals surface area contributed by atoms with Crippen molar-refractivity contribution < 1.29 is 83.2 Å². The van der Waals surface area contributed by atoms with Gasteiger partial charge < -0.3 is 13.7 Å². The standard InChI is InChI=1S/C15H17F3O4S.C14H18O2.C8H5F6NO4S2/c1-14(2,3)21-11-7-8-12-10(9-11)5-4-6-13(12)22-23(19,20)15(16,17)18;1-14(2,3)16-11-7-8-12-10(9-11)5-4-6-13(12)15;9-7(10,11)20(16,17)15(6-4-2-1-3-5-6)21(18,19)8(12,13)14/h6-9H,4-5H2,1-3H3;7-9H,4-6H2,1-3H3;1-5H. The number of aryl methyl sites for hydroxylation is 2. The summed E-state index contributed by atoms with van der Waals surface area (Å²) < 4.78 is 193. The van der Waals surface area contributed by atoms with Crippen molar-refractivity contribution >= 4 is 47.4 Å². The summed E-state index contributed by atoms with van der Waals surface area (Å²) in [5, 5.41) is 0. The zero-order chi connectivity index (χ0) is 45.9. The molecular weight excluding hydrogens is 886 g/mol. The van der Waals surface area contributed by atoms with Crippen LogP contribution in [0, 0.1) is 0 Å². The first-order valence-electron chi connectivity index (χ1n) is 17.4. The predicted molar refractivity (Wildman–Crippen MR) is 202 cm³/mol. The molecule has 0 bridgehead atoms. The number of hydrogen-bond donors (Lipinski definition) is 0. The summed E-state index contributed by atoms with van der Waals surface area (Å²) in [5.41, 5.74) is -16.8. The Kier molecular flexibility index (Phi) is 14.8. The highest BCUT2D eigenvalue weighted by molar-refractivity contribution is 8.11. The molecule has 0 saturated heterocycles. The van der Waals surface area contributed by atoms with Gasteiger partial charge >= 0.3 is 46.7 Å². The molecule has 0 N–H and O–H groups in total. The number of carbonyl (C=O) groups is 1. The maximum Gasteiger partial charge on any atom is 0.534 e. The molecule has 0 aromatic heterocycles. The Labute approximate surface area is 341 Å². The molecule has 3 aromatic carbocycles. The number of benzene rings is 3. The Morgan fingerprint density at radius 3 is 1.45 bits per heavy atom. The van der Waals surface area contributed by atoms with E-state index in [-0.39, 0.29) is 17.1 Å². The molecule has 334 valence electrons. The molecule has 3 aromatic rings. The SMILES string of the molecule is CC(C)(C)Oc1ccc2c(c1)CCC=C2OS(=O)(=O)C(F)(F)F.CC(C)(C)Oc1ccc2c(c1)CCCC2=O.O=S(=O)(N(c1ccccc1)S(=O)(=O)C(F)(F)F)C(F)(F)F. The lowest BCUT2D eigenvalue weighted by molar-refractivity contribution is -0.0510. The molecule has 0 heterocycles. The van der Waals surface area contributed by atoms with E-state index in [2.05, 4.69) is 4.18 Å². The number of fused-ring (bicyclic) bond motifs is 2. The third kappa shape index (κ3) is 12.8. The molecule has 60 heavy (non-hydrogen) atoms. The van der Waals surface area contributed by atoms with Crippen LogP contribution in [-0.4, -0.2) is 58.8 Å². The zero-order valence-corrected chi connectivity index (χ0v) is 35.1. The van der Waals surface area contributed by atoms with E-state index >= 15 is 0 Å². The van der Waals surface area contributed by atoms with Crippen molar-refractivity contribution in [2.75, 3.05) is 3.71 Å². The molecule has 0 radical (unpaired) electrons. The molecule has 5 rings (SSSR count). The van der Waals surface area contributed by atoms with Crippen LogP contribution < -0.4 is 13.2 Å². The number of para-hydroxylation sites is 1. The van der Waals surface area contributed by atoms with E-state index in [0.717, 1.165) is 47.9 Å². The number of carbonyl (C=O) groups excluding carboxylic acids is 1. The third-order valence-corrected chi connectivity index (χ3v) is 12.2. The Balaban J connectivity index is 0.000000244. The van der Waals surface area contributed by atoms with E-state index in [1.165, 1.54) is 12.1 Å². The van der Waals surface area contributed by atoms with Crippen LogP contribution in [0.25, 0.3) is 5.76 Å². The van der Waals surface area contributed by atoms with Gasteiger partial charge in [0.2, 0.25) is 0 Å². The molecule has 0 amide bonds. The fourth-order valence-corrected chi connectivity index (χ4v) is 8.54. The highest BCUT2D eigenvalue weighted by Crippen LogP contribution is 2.39. The summed E-state index contributed by atoms with van der Waals surface area (Å²) in [6.07, 6.45) is 4.93. The van der Waals surface area contributed by atoms with Gasteiger partial charge in [0.15, 0.2) is 5.78 Å². The molecular formula is C37H40F9NO10S3. The number of hydrogen-bond acceptors (Lipinski definition) is 10. The van der Waals surface area contributed by atoms with Gasteiger partial charge in [-0.1, -0.05) is 18.2 Å². The summed E-state index contributed by atoms with van der Waals surface area (Å²) in [6.45, 7) is 11.7. The quantitative estimate of drug-likeness (QED) is 0.127. The van der Waals surface area contributed by atoms with Crippen LogP contribution in [0.2, 0.25) is 0 Å². The number of sulfonamides is 2. The molecule has 11 nitrogen and oxygen atoms in total. The van der Waals surface area contributed by atoms with Gasteiger partial charge in [0, 0.05) is 17.5 Å². The van der Waals surface area contributed by atoms with Crippen LogP contribution in [0.5, 0.6) is 11.5 Å². The highest BCUT2D eigenvalue weighted by Gasteiger charge is 2.61. The molecule has 0 spiro atoms. The first-order valence-corrected chi connectivity index (χ1v) is 21.7. The van der Waals surface area contributed by atoms with Crippen LogP contribution in [-0.2, 0) is 47.2 Å². The van der Waals surface area contributed by atoms with Gasteiger partial charge in [-0.15, -0.1) is 3.71 Å². The van der Waals surface area contributed by atoms with Crippen LogP contribution in [0.1, 0.15) is 87.9 Å². The normalized spacial score (nSPS) is 15.1. The molecule has 23 heteroatoms. The smallest absolute Gasteiger partial charge is 0.488 e. The number of Topliss-reactive ketones (excluding diaryl/α,β-unsaturated/α-hetero) is 1. The Morgan fingerprint density at radius 1 is 0.567 bits per heavy atom. The lowest BCUT2D eigenvalue weighted by Gasteiger charge is -2.25. The summed E-state index contributed by atoms with van der Waals surface area (Å²) in [7, 11) is -19.3. The largest absolute Gasteiger partial charge is 0.534 e. The van der Waals surface area contributed by atoms with E-state index in [0.29, 0.717) is 48.3 Å². The van der Waals surface area contributed by atoms with Crippen LogP contribution >= 0.6 is 0 Å². The second kappa shape index (κ2) is 17.8. The minimum absolute atomic E-state index is 0.188. The average Bonchev–Trinajstić information content (AvgIpc) is 3.06. The number of ketones is 1. The highest BCUT2D eigenvalue weighted by atomic mass is 32.3. The van der Waals surface area contributed by atoms with Crippen molar-refractivity contribution in [2.24, 2.45) is 0 Å². The van der Waals surface area contributed by atoms with Gasteiger partial charge in [0.25, 0.3) is 0 Å². The molecule has 2 aliphatic carbocycles. The van der Waals surface area contributed by atoms with Gasteiger partial charge in [0.1, 0.15) is 28.5 Å². The lowest BCUT2D eigenvalue weighted by atomic mass is 9.90. The number of allylic oxidation sites excluding steroid dienone is 1. The first kappa shape index (κ1) is 49.8. The van der Waals surface area contributed by atoms with Crippen molar-refractivity contribution in [1.29, 1.82) is 0 Å². The fourth-order valence-electron chi connectivity index (χ4n) is 5.33. The number of anilines is 1. The summed E-state index contributed by atoms with van der Waals surface area (Å²) >= 11 is 0. The topological polar surface area (TPSA) is 150 Å². The number of nitrogens with zero attached hydrogens (tertiary/aromatic N) is 1. The molecule has 0 saturated carbocycles. The van der Waals surface area contributed by atoms with Gasteiger partial charge in [-0.3, -0.25) is 4.79 Å². The summed E-state index contributed by atoms with van der Waals surface area (Å²) in [4.78, 5) is 11.6. The predicted octanol–water partition coefficient (Wildman–Crippen LogP) is 9.59. The molecule has 0 atom stereocenters. The maximum absolute atomic E-state index is 12.5.